The van der Waals surface area contributed by atoms with Crippen LogP contribution in [0.3, 0.4) is 0 Å². The zero-order chi connectivity index (χ0) is 20.1. The van der Waals surface area contributed by atoms with Crippen molar-refractivity contribution in [1.29, 1.82) is 0 Å². The van der Waals surface area contributed by atoms with Gasteiger partial charge in [0.2, 0.25) is 0 Å². The number of nitrogens with one attached hydrogen (secondary N) is 1. The molecular formula is C23H21FNOPS. The first-order valence-electron chi connectivity index (χ1n) is 8.86. The first-order valence-corrected chi connectivity index (χ1v) is 11.7. The summed E-state index contributed by atoms with van der Waals surface area (Å²) in [6.45, 7) is 5.43. The van der Waals surface area contributed by atoms with Gasteiger partial charge >= 0.3 is 0 Å². The van der Waals surface area contributed by atoms with Crippen molar-refractivity contribution in [3.05, 3.63) is 108 Å². The maximum Gasteiger partial charge on any atom is 0.157 e. The zero-order valence-electron chi connectivity index (χ0n) is 15.5. The Morgan fingerprint density at radius 3 is 1.96 bits per heavy atom. The fourth-order valence-corrected chi connectivity index (χ4v) is 6.49. The van der Waals surface area contributed by atoms with Crippen LogP contribution in [-0.4, -0.2) is 5.78 Å². The number of hydrogen-bond acceptors (Lipinski definition) is 2. The van der Waals surface area contributed by atoms with Crippen LogP contribution in [0.5, 0.6) is 0 Å². The quantitative estimate of drug-likeness (QED) is 0.455. The summed E-state index contributed by atoms with van der Waals surface area (Å²) in [5.74, 6) is -0.530. The van der Waals surface area contributed by atoms with E-state index in [4.69, 9.17) is 11.8 Å². The minimum absolute atomic E-state index is 0.163. The summed E-state index contributed by atoms with van der Waals surface area (Å²) in [5.41, 5.74) is 0.980. The normalized spacial score (nSPS) is 12.4. The molecule has 0 aliphatic carbocycles. The first-order chi connectivity index (χ1) is 13.4. The van der Waals surface area contributed by atoms with Crippen LogP contribution in [0.25, 0.3) is 0 Å². The van der Waals surface area contributed by atoms with Crippen LogP contribution in [0.2, 0.25) is 0 Å². The van der Waals surface area contributed by atoms with E-state index in [1.165, 1.54) is 19.1 Å². The Morgan fingerprint density at radius 2 is 1.50 bits per heavy atom. The molecule has 0 radical (unpaired) electrons. The molecule has 28 heavy (non-hydrogen) atoms. The average molecular weight is 409 g/mol. The van der Waals surface area contributed by atoms with Gasteiger partial charge in [0.25, 0.3) is 0 Å². The molecule has 0 aliphatic heterocycles. The van der Waals surface area contributed by atoms with Gasteiger partial charge < -0.3 is 0 Å². The molecule has 0 bridgehead atoms. The molecule has 1 N–H and O–H groups in total. The van der Waals surface area contributed by atoms with Gasteiger partial charge in [-0.3, -0.25) is 9.88 Å². The van der Waals surface area contributed by atoms with E-state index in [9.17, 15) is 9.18 Å². The summed E-state index contributed by atoms with van der Waals surface area (Å²) in [5, 5.41) is 5.46. The van der Waals surface area contributed by atoms with E-state index in [1.54, 1.807) is 12.1 Å². The second kappa shape index (κ2) is 8.74. The maximum absolute atomic E-state index is 13.9. The van der Waals surface area contributed by atoms with E-state index >= 15 is 0 Å². The van der Waals surface area contributed by atoms with E-state index in [2.05, 4.69) is 11.7 Å². The Hall–Kier alpha value is -2.39. The van der Waals surface area contributed by atoms with Crippen LogP contribution in [0.1, 0.15) is 18.5 Å². The lowest BCUT2D eigenvalue weighted by atomic mass is 9.98. The second-order valence-corrected chi connectivity index (χ2v) is 10.6. The fraction of sp³-hybridized carbons (Fsp3) is 0.0870. The number of ketones is 1. The topological polar surface area (TPSA) is 29.1 Å². The Morgan fingerprint density at radius 1 is 0.964 bits per heavy atom. The predicted octanol–water partition coefficient (Wildman–Crippen LogP) is 4.65. The molecular weight excluding hydrogens is 388 g/mol. The van der Waals surface area contributed by atoms with Gasteiger partial charge in [-0.2, -0.15) is 0 Å². The largest absolute Gasteiger partial charge is 0.295 e. The van der Waals surface area contributed by atoms with Crippen molar-refractivity contribution in [1.82, 2.24) is 5.09 Å². The van der Waals surface area contributed by atoms with E-state index in [0.717, 1.165) is 10.6 Å². The van der Waals surface area contributed by atoms with Crippen LogP contribution < -0.4 is 15.7 Å². The van der Waals surface area contributed by atoms with Gasteiger partial charge in [0.15, 0.2) is 5.78 Å². The molecule has 3 rings (SSSR count). The molecule has 0 fully saturated rings. The molecule has 0 heterocycles. The van der Waals surface area contributed by atoms with Crippen molar-refractivity contribution in [2.24, 2.45) is 0 Å². The van der Waals surface area contributed by atoms with Gasteiger partial charge in [0, 0.05) is 16.2 Å². The highest BCUT2D eigenvalue weighted by Gasteiger charge is 2.29. The smallest absolute Gasteiger partial charge is 0.157 e. The first kappa shape index (κ1) is 20.3. The Kier molecular flexibility index (Phi) is 6.35. The number of rotatable bonds is 7. The Balaban J connectivity index is 2.15. The molecule has 0 aliphatic rings. The Bertz CT molecular complexity index is 993. The van der Waals surface area contributed by atoms with E-state index in [1.807, 2.05) is 60.7 Å². The molecule has 2 nitrogen and oxygen atoms in total. The molecule has 1 atom stereocenters. The van der Waals surface area contributed by atoms with Crippen molar-refractivity contribution in [3.63, 3.8) is 0 Å². The van der Waals surface area contributed by atoms with Crippen molar-refractivity contribution in [2.75, 3.05) is 0 Å². The second-order valence-electron chi connectivity index (χ2n) is 6.48. The standard InChI is InChI=1S/C23H21FNOPS/c1-17(18(2)26)23(19-10-9-11-20(24)16-19)25-27(28,21-12-5-3-6-13-21)22-14-7-4-8-15-22/h3-16,23H,1H2,2H3,(H,25,28). The fourth-order valence-electron chi connectivity index (χ4n) is 3.00. The summed E-state index contributed by atoms with van der Waals surface area (Å²) >= 11 is 6.20. The summed E-state index contributed by atoms with van der Waals surface area (Å²) in [4.78, 5) is 12.1. The van der Waals surface area contributed by atoms with Crippen molar-refractivity contribution < 1.29 is 9.18 Å². The van der Waals surface area contributed by atoms with Gasteiger partial charge in [0.05, 0.1) is 12.2 Å². The lowest BCUT2D eigenvalue weighted by molar-refractivity contribution is -0.113. The monoisotopic (exact) mass is 409 g/mol. The molecule has 0 saturated heterocycles. The van der Waals surface area contributed by atoms with Crippen LogP contribution in [0, 0.1) is 5.82 Å². The maximum atomic E-state index is 13.9. The number of carbonyl (C=O) groups is 1. The highest BCUT2D eigenvalue weighted by Crippen LogP contribution is 2.43. The third-order valence-corrected chi connectivity index (χ3v) is 8.79. The molecule has 0 amide bonds. The zero-order valence-corrected chi connectivity index (χ0v) is 17.2. The summed E-state index contributed by atoms with van der Waals surface area (Å²) in [6, 6.07) is 25.2. The molecule has 0 saturated carbocycles. The molecule has 0 spiro atoms. The SMILES string of the molecule is C=C(C(C)=O)C(NP(=S)(c1ccccc1)c1ccccc1)c1cccc(F)c1. The van der Waals surface area contributed by atoms with E-state index in [-0.39, 0.29) is 11.6 Å². The van der Waals surface area contributed by atoms with Gasteiger partial charge in [0.1, 0.15) is 5.82 Å². The molecule has 3 aromatic carbocycles. The van der Waals surface area contributed by atoms with Crippen LogP contribution in [0.15, 0.2) is 97.1 Å². The van der Waals surface area contributed by atoms with E-state index < -0.39 is 12.2 Å². The van der Waals surface area contributed by atoms with Crippen LogP contribution >= 0.6 is 6.19 Å². The number of benzene rings is 3. The van der Waals surface area contributed by atoms with Crippen molar-refractivity contribution in [3.8, 4) is 0 Å². The molecule has 3 aromatic rings. The highest BCUT2D eigenvalue weighted by atomic mass is 32.4. The number of Topliss-reactive ketones (excluding diaryl/α,β-unsaturated/α-hetero) is 1. The van der Waals surface area contributed by atoms with Gasteiger partial charge in [-0.1, -0.05) is 91.2 Å². The van der Waals surface area contributed by atoms with Crippen LogP contribution in [-0.2, 0) is 16.6 Å². The molecule has 5 heteroatoms. The lowest BCUT2D eigenvalue weighted by Crippen LogP contribution is -2.32. The minimum Gasteiger partial charge on any atom is -0.295 e. The summed E-state index contributed by atoms with van der Waals surface area (Å²) < 4.78 is 13.9. The van der Waals surface area contributed by atoms with Crippen molar-refractivity contribution >= 4 is 34.4 Å². The Labute approximate surface area is 170 Å². The molecule has 142 valence electrons. The molecule has 1 unspecified atom stereocenters. The number of halogens is 1. The summed E-state index contributed by atoms with van der Waals surface area (Å²) in [7, 11) is 0. The predicted molar refractivity (Wildman–Crippen MR) is 119 cm³/mol. The number of carbonyl (C=O) groups excluding carboxylic acids is 1. The van der Waals surface area contributed by atoms with Crippen molar-refractivity contribution in [2.45, 2.75) is 13.0 Å². The third kappa shape index (κ3) is 4.36. The summed E-state index contributed by atoms with van der Waals surface area (Å²) in [6.07, 6.45) is -2.51. The van der Waals surface area contributed by atoms with Gasteiger partial charge in [-0.15, -0.1) is 0 Å². The number of hydrogen-bond donors (Lipinski definition) is 1. The molecule has 0 aromatic heterocycles. The average Bonchev–Trinajstić information content (AvgIpc) is 2.72. The highest BCUT2D eigenvalue weighted by molar-refractivity contribution is 8.20. The van der Waals surface area contributed by atoms with Gasteiger partial charge in [-0.25, -0.2) is 4.39 Å². The minimum atomic E-state index is -2.51. The van der Waals surface area contributed by atoms with E-state index in [0.29, 0.717) is 11.1 Å². The van der Waals surface area contributed by atoms with Crippen LogP contribution in [0.4, 0.5) is 4.39 Å². The lowest BCUT2D eigenvalue weighted by Gasteiger charge is -2.31. The van der Waals surface area contributed by atoms with Gasteiger partial charge in [-0.05, 0) is 24.6 Å². The third-order valence-electron chi connectivity index (χ3n) is 4.53.